The van der Waals surface area contributed by atoms with Crippen LogP contribution >= 0.6 is 0 Å². The molecular formula is C22H26N2O4. The van der Waals surface area contributed by atoms with Crippen LogP contribution in [0.2, 0.25) is 0 Å². The number of anilines is 1. The highest BCUT2D eigenvalue weighted by atomic mass is 16.5. The molecule has 2 heterocycles. The van der Waals surface area contributed by atoms with Gasteiger partial charge in [0.25, 0.3) is 0 Å². The van der Waals surface area contributed by atoms with Crippen molar-refractivity contribution in [2.45, 2.75) is 6.42 Å². The molecule has 2 aromatic carbocycles. The Morgan fingerprint density at radius 1 is 1.00 bits per heavy atom. The molecule has 1 atom stereocenters. The van der Waals surface area contributed by atoms with Crippen molar-refractivity contribution in [1.82, 2.24) is 4.90 Å². The molecule has 0 saturated carbocycles. The lowest BCUT2D eigenvalue weighted by molar-refractivity contribution is -0.137. The third-order valence-corrected chi connectivity index (χ3v) is 5.53. The van der Waals surface area contributed by atoms with Gasteiger partial charge in [-0.3, -0.25) is 4.79 Å². The summed E-state index contributed by atoms with van der Waals surface area (Å²) < 4.78 is 16.4. The summed E-state index contributed by atoms with van der Waals surface area (Å²) in [4.78, 5) is 17.3. The molecule has 6 heteroatoms. The number of methoxy groups -OCH3 is 2. The van der Waals surface area contributed by atoms with Crippen molar-refractivity contribution in [3.8, 4) is 17.2 Å². The molecule has 1 amide bonds. The first-order valence-electron chi connectivity index (χ1n) is 9.65. The number of rotatable bonds is 4. The average molecular weight is 382 g/mol. The number of benzene rings is 2. The van der Waals surface area contributed by atoms with Crippen molar-refractivity contribution >= 4 is 11.6 Å². The second-order valence-corrected chi connectivity index (χ2v) is 7.20. The SMILES string of the molecule is COc1cccc(N2CCN(C(=O)C3COc4ccc(OC)cc4C3)CC2)c1. The van der Waals surface area contributed by atoms with Gasteiger partial charge in [-0.15, -0.1) is 0 Å². The Labute approximate surface area is 165 Å². The van der Waals surface area contributed by atoms with E-state index in [2.05, 4.69) is 11.0 Å². The van der Waals surface area contributed by atoms with E-state index in [4.69, 9.17) is 14.2 Å². The fraction of sp³-hybridized carbons (Fsp3) is 0.409. The summed E-state index contributed by atoms with van der Waals surface area (Å²) in [5.41, 5.74) is 2.17. The summed E-state index contributed by atoms with van der Waals surface area (Å²) in [6.07, 6.45) is 0.696. The van der Waals surface area contributed by atoms with Crippen molar-refractivity contribution in [2.24, 2.45) is 5.92 Å². The van der Waals surface area contributed by atoms with E-state index in [9.17, 15) is 4.79 Å². The minimum atomic E-state index is -0.136. The van der Waals surface area contributed by atoms with Gasteiger partial charge in [-0.1, -0.05) is 6.07 Å². The summed E-state index contributed by atoms with van der Waals surface area (Å²) in [6, 6.07) is 13.8. The van der Waals surface area contributed by atoms with Crippen LogP contribution in [0.3, 0.4) is 0 Å². The molecule has 1 saturated heterocycles. The molecule has 6 nitrogen and oxygen atoms in total. The van der Waals surface area contributed by atoms with Crippen molar-refractivity contribution in [3.63, 3.8) is 0 Å². The van der Waals surface area contributed by atoms with Crippen LogP contribution in [0.25, 0.3) is 0 Å². The molecular weight excluding hydrogens is 356 g/mol. The van der Waals surface area contributed by atoms with Crippen LogP contribution < -0.4 is 19.1 Å². The van der Waals surface area contributed by atoms with Gasteiger partial charge in [-0.05, 0) is 42.3 Å². The molecule has 0 N–H and O–H groups in total. The number of amides is 1. The van der Waals surface area contributed by atoms with E-state index in [0.29, 0.717) is 13.0 Å². The number of hydrogen-bond acceptors (Lipinski definition) is 5. The zero-order valence-corrected chi connectivity index (χ0v) is 16.4. The van der Waals surface area contributed by atoms with Crippen LogP contribution in [-0.4, -0.2) is 57.8 Å². The lowest BCUT2D eigenvalue weighted by Crippen LogP contribution is -2.51. The van der Waals surface area contributed by atoms with E-state index < -0.39 is 0 Å². The van der Waals surface area contributed by atoms with Gasteiger partial charge in [0.15, 0.2) is 0 Å². The van der Waals surface area contributed by atoms with Crippen molar-refractivity contribution in [1.29, 1.82) is 0 Å². The van der Waals surface area contributed by atoms with Gasteiger partial charge in [0.05, 0.1) is 20.1 Å². The number of carbonyl (C=O) groups excluding carboxylic acids is 1. The maximum atomic E-state index is 13.0. The van der Waals surface area contributed by atoms with Gasteiger partial charge in [0, 0.05) is 37.9 Å². The van der Waals surface area contributed by atoms with Crippen molar-refractivity contribution < 1.29 is 19.0 Å². The third kappa shape index (κ3) is 3.72. The molecule has 0 radical (unpaired) electrons. The first-order valence-corrected chi connectivity index (χ1v) is 9.65. The summed E-state index contributed by atoms with van der Waals surface area (Å²) in [6.45, 7) is 3.51. The molecule has 148 valence electrons. The summed E-state index contributed by atoms with van der Waals surface area (Å²) in [5, 5.41) is 0. The maximum absolute atomic E-state index is 13.0. The predicted molar refractivity (Wildman–Crippen MR) is 107 cm³/mol. The predicted octanol–water partition coefficient (Wildman–Crippen LogP) is 2.60. The Kier molecular flexibility index (Phi) is 5.28. The number of hydrogen-bond donors (Lipinski definition) is 0. The molecule has 0 spiro atoms. The van der Waals surface area contributed by atoms with Crippen LogP contribution in [0.4, 0.5) is 5.69 Å². The number of carbonyl (C=O) groups is 1. The number of ether oxygens (including phenoxy) is 3. The van der Waals surface area contributed by atoms with Crippen molar-refractivity contribution in [3.05, 3.63) is 48.0 Å². The first kappa shape index (κ1) is 18.5. The molecule has 2 aliphatic rings. The van der Waals surface area contributed by atoms with Crippen molar-refractivity contribution in [2.75, 3.05) is 51.9 Å². The Morgan fingerprint density at radius 2 is 1.75 bits per heavy atom. The molecule has 2 aromatic rings. The zero-order valence-electron chi connectivity index (χ0n) is 16.4. The lowest BCUT2D eigenvalue weighted by atomic mass is 9.95. The van der Waals surface area contributed by atoms with Gasteiger partial charge in [0.2, 0.25) is 5.91 Å². The van der Waals surface area contributed by atoms with Gasteiger partial charge < -0.3 is 24.0 Å². The van der Waals surface area contributed by atoms with Crippen LogP contribution in [0.1, 0.15) is 5.56 Å². The topological polar surface area (TPSA) is 51.2 Å². The monoisotopic (exact) mass is 382 g/mol. The third-order valence-electron chi connectivity index (χ3n) is 5.53. The second-order valence-electron chi connectivity index (χ2n) is 7.20. The molecule has 4 rings (SSSR count). The highest BCUT2D eigenvalue weighted by molar-refractivity contribution is 5.80. The number of piperazine rings is 1. The minimum Gasteiger partial charge on any atom is -0.497 e. The fourth-order valence-electron chi connectivity index (χ4n) is 3.91. The summed E-state index contributed by atoms with van der Waals surface area (Å²) in [5.74, 6) is 2.54. The standard InChI is InChI=1S/C22H26N2O4/c1-26-19-5-3-4-18(14-19)23-8-10-24(11-9-23)22(25)17-12-16-13-20(27-2)6-7-21(16)28-15-17/h3-7,13-14,17H,8-12,15H2,1-2H3. The quantitative estimate of drug-likeness (QED) is 0.814. The molecule has 0 aliphatic carbocycles. The van der Waals surface area contributed by atoms with Crippen LogP contribution in [0.15, 0.2) is 42.5 Å². The minimum absolute atomic E-state index is 0.136. The highest BCUT2D eigenvalue weighted by Gasteiger charge is 2.31. The first-order chi connectivity index (χ1) is 13.7. The highest BCUT2D eigenvalue weighted by Crippen LogP contribution is 2.31. The lowest BCUT2D eigenvalue weighted by Gasteiger charge is -2.38. The molecule has 1 unspecified atom stereocenters. The van der Waals surface area contributed by atoms with E-state index in [-0.39, 0.29) is 11.8 Å². The van der Waals surface area contributed by atoms with Gasteiger partial charge in [-0.2, -0.15) is 0 Å². The zero-order chi connectivity index (χ0) is 19.5. The molecule has 2 aliphatic heterocycles. The van der Waals surface area contributed by atoms with Gasteiger partial charge in [0.1, 0.15) is 23.9 Å². The van der Waals surface area contributed by atoms with Gasteiger partial charge in [-0.25, -0.2) is 0 Å². The Morgan fingerprint density at radius 3 is 2.50 bits per heavy atom. The molecule has 28 heavy (non-hydrogen) atoms. The normalized spacial score (nSPS) is 18.9. The van der Waals surface area contributed by atoms with Crippen LogP contribution in [0.5, 0.6) is 17.2 Å². The summed E-state index contributed by atoms with van der Waals surface area (Å²) in [7, 11) is 3.32. The number of fused-ring (bicyclic) bond motifs is 1. The fourth-order valence-corrected chi connectivity index (χ4v) is 3.91. The largest absolute Gasteiger partial charge is 0.497 e. The Bertz CT molecular complexity index is 846. The van der Waals surface area contributed by atoms with Gasteiger partial charge >= 0.3 is 0 Å². The summed E-state index contributed by atoms with van der Waals surface area (Å²) >= 11 is 0. The van der Waals surface area contributed by atoms with Crippen LogP contribution in [-0.2, 0) is 11.2 Å². The second kappa shape index (κ2) is 8.00. The van der Waals surface area contributed by atoms with E-state index in [1.807, 2.05) is 41.3 Å². The van der Waals surface area contributed by atoms with Crippen LogP contribution in [0, 0.1) is 5.92 Å². The maximum Gasteiger partial charge on any atom is 0.229 e. The molecule has 1 fully saturated rings. The Balaban J connectivity index is 1.37. The van der Waals surface area contributed by atoms with E-state index >= 15 is 0 Å². The smallest absolute Gasteiger partial charge is 0.229 e. The Hall–Kier alpha value is -2.89. The molecule has 0 bridgehead atoms. The van der Waals surface area contributed by atoms with E-state index in [1.165, 1.54) is 0 Å². The molecule has 0 aromatic heterocycles. The van der Waals surface area contributed by atoms with E-state index in [1.54, 1.807) is 14.2 Å². The van der Waals surface area contributed by atoms with E-state index in [0.717, 1.165) is 54.7 Å². The average Bonchev–Trinajstić information content (AvgIpc) is 2.78. The number of nitrogens with zero attached hydrogens (tertiary/aromatic N) is 2.